The van der Waals surface area contributed by atoms with Crippen LogP contribution in [0.3, 0.4) is 0 Å². The molecule has 4 aromatic rings. The van der Waals surface area contributed by atoms with Crippen LogP contribution in [-0.2, 0) is 4.79 Å². The van der Waals surface area contributed by atoms with Crippen LogP contribution >= 0.6 is 0 Å². The highest BCUT2D eigenvalue weighted by atomic mass is 16.4. The third-order valence-electron chi connectivity index (χ3n) is 7.69. The summed E-state index contributed by atoms with van der Waals surface area (Å²) in [5.41, 5.74) is 6.84. The SMILES string of the molecule is CN(C)c1ccc(C2C3=C(CC(C)(C)CC3=O)N(NC(=O)c3ccncc3)c3c2c(=O)oc2ccccc32)cc1. The Morgan fingerprint density at radius 2 is 1.70 bits per heavy atom. The zero-order chi connectivity index (χ0) is 28.2. The van der Waals surface area contributed by atoms with E-state index in [2.05, 4.69) is 10.4 Å². The maximum Gasteiger partial charge on any atom is 0.342 e. The van der Waals surface area contributed by atoms with Gasteiger partial charge < -0.3 is 9.32 Å². The molecular formula is C32H30N4O4. The van der Waals surface area contributed by atoms with Crippen molar-refractivity contribution in [2.75, 3.05) is 24.0 Å². The molecule has 1 atom stereocenters. The molecule has 8 nitrogen and oxygen atoms in total. The van der Waals surface area contributed by atoms with E-state index < -0.39 is 11.5 Å². The highest BCUT2D eigenvalue weighted by Gasteiger charge is 2.46. The average molecular weight is 535 g/mol. The van der Waals surface area contributed by atoms with Gasteiger partial charge in [0.25, 0.3) is 5.91 Å². The molecule has 40 heavy (non-hydrogen) atoms. The molecule has 2 aromatic heterocycles. The summed E-state index contributed by atoms with van der Waals surface area (Å²) in [6.07, 6.45) is 3.96. The van der Waals surface area contributed by atoms with Gasteiger partial charge in [0.05, 0.1) is 11.3 Å². The number of benzene rings is 2. The van der Waals surface area contributed by atoms with Gasteiger partial charge >= 0.3 is 5.63 Å². The molecule has 1 aliphatic heterocycles. The normalized spacial score (nSPS) is 17.9. The van der Waals surface area contributed by atoms with Crippen LogP contribution in [0.1, 0.15) is 54.1 Å². The molecule has 1 amide bonds. The van der Waals surface area contributed by atoms with Crippen LogP contribution < -0.4 is 21.0 Å². The first-order chi connectivity index (χ1) is 19.1. The van der Waals surface area contributed by atoms with Crippen LogP contribution in [-0.4, -0.2) is 30.8 Å². The number of para-hydroxylation sites is 1. The van der Waals surface area contributed by atoms with Gasteiger partial charge in [-0.15, -0.1) is 0 Å². The summed E-state index contributed by atoms with van der Waals surface area (Å²) in [5, 5.41) is 2.33. The van der Waals surface area contributed by atoms with Crippen molar-refractivity contribution in [2.24, 2.45) is 5.41 Å². The Hall–Kier alpha value is -4.72. The summed E-state index contributed by atoms with van der Waals surface area (Å²) in [4.78, 5) is 47.3. The number of ketones is 1. The van der Waals surface area contributed by atoms with Crippen molar-refractivity contribution in [1.29, 1.82) is 0 Å². The minimum Gasteiger partial charge on any atom is -0.422 e. The lowest BCUT2D eigenvalue weighted by atomic mass is 9.68. The van der Waals surface area contributed by atoms with Gasteiger partial charge in [-0.3, -0.25) is 25.0 Å². The smallest absolute Gasteiger partial charge is 0.342 e. The van der Waals surface area contributed by atoms with E-state index in [-0.39, 0.29) is 17.1 Å². The van der Waals surface area contributed by atoms with Crippen LogP contribution in [0, 0.1) is 5.41 Å². The second-order valence-corrected chi connectivity index (χ2v) is 11.4. The first-order valence-corrected chi connectivity index (χ1v) is 13.2. The molecule has 6 rings (SSSR count). The van der Waals surface area contributed by atoms with E-state index in [0.29, 0.717) is 51.9 Å². The number of nitrogens with one attached hydrogen (secondary N) is 1. The number of carbonyl (C=O) groups is 2. The summed E-state index contributed by atoms with van der Waals surface area (Å²) < 4.78 is 5.82. The number of pyridine rings is 1. The zero-order valence-electron chi connectivity index (χ0n) is 22.9. The number of hydrogen-bond donors (Lipinski definition) is 1. The first kappa shape index (κ1) is 25.6. The van der Waals surface area contributed by atoms with E-state index in [9.17, 15) is 14.4 Å². The molecule has 1 N–H and O–H groups in total. The number of allylic oxidation sites excluding steroid dienone is 2. The van der Waals surface area contributed by atoms with Crippen LogP contribution in [0.4, 0.5) is 11.4 Å². The summed E-state index contributed by atoms with van der Waals surface area (Å²) in [6, 6.07) is 18.4. The lowest BCUT2D eigenvalue weighted by molar-refractivity contribution is -0.118. The Kier molecular flexibility index (Phi) is 6.06. The predicted molar refractivity (Wildman–Crippen MR) is 154 cm³/mol. The first-order valence-electron chi connectivity index (χ1n) is 13.2. The van der Waals surface area contributed by atoms with Gasteiger partial charge in [0.2, 0.25) is 0 Å². The number of rotatable bonds is 4. The van der Waals surface area contributed by atoms with Gasteiger partial charge in [-0.1, -0.05) is 38.1 Å². The van der Waals surface area contributed by atoms with Crippen LogP contribution in [0.15, 0.2) is 93.5 Å². The van der Waals surface area contributed by atoms with Crippen LogP contribution in [0.25, 0.3) is 11.0 Å². The lowest BCUT2D eigenvalue weighted by Gasteiger charge is -2.44. The third kappa shape index (κ3) is 4.25. The highest BCUT2D eigenvalue weighted by Crippen LogP contribution is 2.51. The highest BCUT2D eigenvalue weighted by molar-refractivity contribution is 6.06. The van der Waals surface area contributed by atoms with Gasteiger partial charge in [0.15, 0.2) is 5.78 Å². The number of nitrogens with zero attached hydrogens (tertiary/aromatic N) is 3. The van der Waals surface area contributed by atoms with E-state index in [1.165, 1.54) is 0 Å². The molecule has 0 saturated heterocycles. The van der Waals surface area contributed by atoms with E-state index >= 15 is 0 Å². The Balaban J connectivity index is 1.65. The number of amides is 1. The second kappa shape index (κ2) is 9.48. The van der Waals surface area contributed by atoms with Gasteiger partial charge in [0, 0.05) is 66.7 Å². The van der Waals surface area contributed by atoms with Crippen molar-refractivity contribution in [2.45, 2.75) is 32.6 Å². The molecule has 0 saturated carbocycles. The molecule has 3 heterocycles. The van der Waals surface area contributed by atoms with Crippen LogP contribution in [0.5, 0.6) is 0 Å². The fourth-order valence-electron chi connectivity index (χ4n) is 5.84. The number of Topliss-reactive ketones (excluding diaryl/α,β-unsaturated/α-hetero) is 1. The zero-order valence-corrected chi connectivity index (χ0v) is 22.9. The number of anilines is 2. The monoisotopic (exact) mass is 534 g/mol. The largest absolute Gasteiger partial charge is 0.422 e. The fourth-order valence-corrected chi connectivity index (χ4v) is 5.84. The van der Waals surface area contributed by atoms with E-state index in [0.717, 1.165) is 11.3 Å². The number of carbonyl (C=O) groups excluding carboxylic acids is 2. The van der Waals surface area contributed by atoms with Gasteiger partial charge in [-0.2, -0.15) is 0 Å². The van der Waals surface area contributed by atoms with Crippen molar-refractivity contribution in [1.82, 2.24) is 10.4 Å². The second-order valence-electron chi connectivity index (χ2n) is 11.4. The van der Waals surface area contributed by atoms with E-state index in [1.807, 2.05) is 69.2 Å². The summed E-state index contributed by atoms with van der Waals surface area (Å²) in [6.45, 7) is 4.09. The van der Waals surface area contributed by atoms with Gasteiger partial charge in [0.1, 0.15) is 5.58 Å². The standard InChI is InChI=1S/C32H30N4O4/c1-32(2)17-23-27(24(37)18-32)26(19-9-11-21(12-10-19)35(3)4)28-29(22-7-5-6-8-25(22)40-31(28)39)36(23)34-30(38)20-13-15-33-16-14-20/h5-16,26H,17-18H2,1-4H3,(H,34,38). The van der Waals surface area contributed by atoms with E-state index in [4.69, 9.17) is 4.42 Å². The Bertz CT molecular complexity index is 1740. The maximum absolute atomic E-state index is 13.9. The summed E-state index contributed by atoms with van der Waals surface area (Å²) in [7, 11) is 3.92. The van der Waals surface area contributed by atoms with Crippen molar-refractivity contribution in [3.8, 4) is 0 Å². The Labute approximate surface area is 231 Å². The van der Waals surface area contributed by atoms with Crippen LogP contribution in [0.2, 0.25) is 0 Å². The molecule has 202 valence electrons. The molecule has 1 aliphatic carbocycles. The number of hydrazine groups is 1. The number of fused-ring (bicyclic) bond motifs is 3. The minimum atomic E-state index is -0.639. The molecule has 0 radical (unpaired) electrons. The minimum absolute atomic E-state index is 0.0469. The molecule has 1 unspecified atom stereocenters. The third-order valence-corrected chi connectivity index (χ3v) is 7.69. The molecule has 0 bridgehead atoms. The maximum atomic E-state index is 13.9. The van der Waals surface area contributed by atoms with Crippen molar-refractivity contribution in [3.63, 3.8) is 0 Å². The molecule has 0 fully saturated rings. The fraction of sp³-hybridized carbons (Fsp3) is 0.250. The average Bonchev–Trinajstić information content (AvgIpc) is 2.93. The quantitative estimate of drug-likeness (QED) is 0.360. The molecule has 0 spiro atoms. The predicted octanol–water partition coefficient (Wildman–Crippen LogP) is 5.19. The summed E-state index contributed by atoms with van der Waals surface area (Å²) in [5.74, 6) is -1.06. The Morgan fingerprint density at radius 3 is 2.40 bits per heavy atom. The van der Waals surface area contributed by atoms with Crippen molar-refractivity contribution >= 4 is 34.0 Å². The molecule has 2 aromatic carbocycles. The molecule has 2 aliphatic rings. The van der Waals surface area contributed by atoms with E-state index in [1.54, 1.807) is 41.7 Å². The topological polar surface area (TPSA) is 95.8 Å². The number of hydrogen-bond acceptors (Lipinski definition) is 7. The lowest BCUT2D eigenvalue weighted by Crippen LogP contribution is -2.49. The van der Waals surface area contributed by atoms with Crippen molar-refractivity contribution < 1.29 is 14.0 Å². The van der Waals surface area contributed by atoms with Gasteiger partial charge in [-0.05, 0) is 53.8 Å². The van der Waals surface area contributed by atoms with Gasteiger partial charge in [-0.25, -0.2) is 4.79 Å². The molecular weight excluding hydrogens is 504 g/mol. The Morgan fingerprint density at radius 1 is 1.00 bits per heavy atom. The van der Waals surface area contributed by atoms with Crippen molar-refractivity contribution in [3.05, 3.63) is 111 Å². The molecule has 8 heteroatoms. The number of aromatic nitrogens is 1. The summed E-state index contributed by atoms with van der Waals surface area (Å²) >= 11 is 0.